The lowest BCUT2D eigenvalue weighted by atomic mass is 9.53. The molecule has 4 aliphatic rings. The number of imidazole rings is 1. The molecule has 4 fully saturated rings. The lowest BCUT2D eigenvalue weighted by Crippen LogP contribution is -2.53. The molecule has 1 aliphatic heterocycles. The van der Waals surface area contributed by atoms with Gasteiger partial charge in [0.05, 0.1) is 24.5 Å². The van der Waals surface area contributed by atoms with Crippen LogP contribution in [0.15, 0.2) is 30.5 Å². The molecular weight excluding hydrogens is 457 g/mol. The van der Waals surface area contributed by atoms with Crippen LogP contribution in [0.3, 0.4) is 0 Å². The molecule has 3 aromatic heterocycles. The van der Waals surface area contributed by atoms with Gasteiger partial charge in [0.15, 0.2) is 5.82 Å². The van der Waals surface area contributed by atoms with Gasteiger partial charge in [-0.3, -0.25) is 4.79 Å². The van der Waals surface area contributed by atoms with Crippen LogP contribution in [0.1, 0.15) is 36.0 Å². The van der Waals surface area contributed by atoms with Crippen LogP contribution in [0.25, 0.3) is 33.6 Å². The number of hydrogen-bond donors (Lipinski definition) is 0. The Morgan fingerprint density at radius 3 is 2.78 bits per heavy atom. The third-order valence-electron chi connectivity index (χ3n) is 9.24. The molecule has 8 rings (SSSR count). The average molecular weight is 486 g/mol. The summed E-state index contributed by atoms with van der Waals surface area (Å²) in [6.45, 7) is 1.71. The Kier molecular flexibility index (Phi) is 4.08. The lowest BCUT2D eigenvalue weighted by molar-refractivity contribution is -0.0204. The van der Waals surface area contributed by atoms with E-state index in [2.05, 4.69) is 14.5 Å². The SMILES string of the molecule is COc1cc(C(=O)N2C[C@H]3CC4C[C@@H]2[C@H]43)cc2nc(-c3cc4cc(F)cnc4n3CC3CC3)n(C)c12. The molecule has 7 nitrogen and oxygen atoms in total. The molecule has 3 saturated carbocycles. The summed E-state index contributed by atoms with van der Waals surface area (Å²) in [4.78, 5) is 25.1. The Bertz CT molecular complexity index is 1580. The van der Waals surface area contributed by atoms with E-state index in [0.717, 1.165) is 64.9 Å². The fraction of sp³-hybridized carbons (Fsp3) is 0.464. The number of aryl methyl sites for hydroxylation is 1. The van der Waals surface area contributed by atoms with Crippen LogP contribution >= 0.6 is 0 Å². The van der Waals surface area contributed by atoms with Crippen molar-refractivity contribution in [1.82, 2.24) is 24.0 Å². The van der Waals surface area contributed by atoms with Crippen LogP contribution in [-0.4, -0.2) is 49.6 Å². The molecule has 3 aliphatic carbocycles. The zero-order valence-corrected chi connectivity index (χ0v) is 20.4. The average Bonchev–Trinajstić information content (AvgIpc) is 3.53. The second-order valence-electron chi connectivity index (χ2n) is 11.3. The van der Waals surface area contributed by atoms with Gasteiger partial charge in [0.1, 0.15) is 22.7 Å². The minimum Gasteiger partial charge on any atom is -0.494 e. The van der Waals surface area contributed by atoms with Crippen LogP contribution in [0.2, 0.25) is 0 Å². The molecule has 0 bridgehead atoms. The number of pyridine rings is 1. The topological polar surface area (TPSA) is 65.2 Å². The normalized spacial score (nSPS) is 26.2. The molecule has 0 radical (unpaired) electrons. The Morgan fingerprint density at radius 1 is 1.17 bits per heavy atom. The van der Waals surface area contributed by atoms with E-state index in [4.69, 9.17) is 9.72 Å². The molecule has 1 saturated heterocycles. The molecule has 4 atom stereocenters. The summed E-state index contributed by atoms with van der Waals surface area (Å²) in [7, 11) is 3.60. The van der Waals surface area contributed by atoms with Crippen molar-refractivity contribution in [2.45, 2.75) is 38.3 Å². The molecule has 0 N–H and O–H groups in total. The number of amides is 1. The minimum absolute atomic E-state index is 0.0859. The fourth-order valence-corrected chi connectivity index (χ4v) is 7.23. The number of aromatic nitrogens is 4. The third-order valence-corrected chi connectivity index (χ3v) is 9.24. The highest BCUT2D eigenvalue weighted by Gasteiger charge is 2.61. The number of nitrogens with zero attached hydrogens (tertiary/aromatic N) is 5. The Morgan fingerprint density at radius 2 is 2.03 bits per heavy atom. The minimum atomic E-state index is -0.347. The summed E-state index contributed by atoms with van der Waals surface area (Å²) in [6.07, 6.45) is 6.11. The molecule has 4 aromatic rings. The van der Waals surface area contributed by atoms with Crippen molar-refractivity contribution in [2.75, 3.05) is 13.7 Å². The first kappa shape index (κ1) is 20.7. The van der Waals surface area contributed by atoms with Crippen molar-refractivity contribution in [3.8, 4) is 17.3 Å². The van der Waals surface area contributed by atoms with Gasteiger partial charge in [-0.15, -0.1) is 0 Å². The number of carbonyl (C=O) groups excluding carboxylic acids is 1. The van der Waals surface area contributed by atoms with E-state index in [1.165, 1.54) is 31.5 Å². The number of carbonyl (C=O) groups is 1. The second kappa shape index (κ2) is 7.08. The summed E-state index contributed by atoms with van der Waals surface area (Å²) in [6, 6.07) is 7.69. The number of halogens is 1. The number of likely N-dealkylation sites (tertiary alicyclic amines) is 1. The van der Waals surface area contributed by atoms with E-state index >= 15 is 0 Å². The van der Waals surface area contributed by atoms with Gasteiger partial charge in [0, 0.05) is 37.1 Å². The number of rotatable bonds is 5. The van der Waals surface area contributed by atoms with E-state index in [-0.39, 0.29) is 11.7 Å². The summed E-state index contributed by atoms with van der Waals surface area (Å²) < 4.78 is 24.0. The zero-order chi connectivity index (χ0) is 24.3. The van der Waals surface area contributed by atoms with Gasteiger partial charge in [0.2, 0.25) is 0 Å². The third kappa shape index (κ3) is 2.75. The summed E-state index contributed by atoms with van der Waals surface area (Å²) in [5, 5.41) is 0.767. The molecule has 1 amide bonds. The summed E-state index contributed by atoms with van der Waals surface area (Å²) in [5.74, 6) is 4.01. The van der Waals surface area contributed by atoms with Crippen molar-refractivity contribution < 1.29 is 13.9 Å². The zero-order valence-electron chi connectivity index (χ0n) is 20.4. The second-order valence-corrected chi connectivity index (χ2v) is 11.3. The summed E-state index contributed by atoms with van der Waals surface area (Å²) in [5.41, 5.74) is 3.88. The molecular formula is C28H28FN5O2. The van der Waals surface area contributed by atoms with Crippen LogP contribution in [0, 0.1) is 29.5 Å². The Balaban J connectivity index is 1.25. The number of fused-ring (bicyclic) bond motifs is 2. The van der Waals surface area contributed by atoms with Crippen molar-refractivity contribution in [3.05, 3.63) is 41.8 Å². The predicted molar refractivity (Wildman–Crippen MR) is 133 cm³/mol. The Labute approximate surface area is 207 Å². The largest absolute Gasteiger partial charge is 0.494 e. The molecule has 4 heterocycles. The predicted octanol–water partition coefficient (Wildman–Crippen LogP) is 4.63. The van der Waals surface area contributed by atoms with Crippen LogP contribution in [0.5, 0.6) is 5.75 Å². The van der Waals surface area contributed by atoms with Gasteiger partial charge >= 0.3 is 0 Å². The number of benzene rings is 1. The molecule has 1 aromatic carbocycles. The number of hydrogen-bond acceptors (Lipinski definition) is 4. The van der Waals surface area contributed by atoms with Crippen molar-refractivity contribution in [2.24, 2.45) is 30.7 Å². The van der Waals surface area contributed by atoms with Crippen LogP contribution in [-0.2, 0) is 13.6 Å². The molecule has 1 unspecified atom stereocenters. The molecule has 8 heteroatoms. The first-order valence-corrected chi connectivity index (χ1v) is 13.0. The fourth-order valence-electron chi connectivity index (χ4n) is 7.23. The Hall–Kier alpha value is -3.42. The standard InChI is InChI=1S/C28H28FN5O2/c1-32-25-20(7-17(10-23(25)36-2)28(35)34-13-18-5-15-8-21(34)24(15)18)31-27(32)22-9-16-6-19(29)11-30-26(16)33(22)12-14-3-4-14/h6-7,9-11,14-15,18,21,24H,3-5,8,12-13H2,1-2H3/t15?,18-,21-,24-/m1/s1. The van der Waals surface area contributed by atoms with Crippen LogP contribution < -0.4 is 4.74 Å². The van der Waals surface area contributed by atoms with E-state index in [9.17, 15) is 9.18 Å². The highest BCUT2D eigenvalue weighted by Crippen LogP contribution is 2.60. The van der Waals surface area contributed by atoms with Gasteiger partial charge < -0.3 is 18.8 Å². The molecule has 36 heavy (non-hydrogen) atoms. The lowest BCUT2D eigenvalue weighted by Gasteiger charge is -2.52. The van der Waals surface area contributed by atoms with Crippen LogP contribution in [0.4, 0.5) is 4.39 Å². The number of ether oxygens (including phenoxy) is 1. The summed E-state index contributed by atoms with van der Waals surface area (Å²) >= 11 is 0. The first-order chi connectivity index (χ1) is 17.5. The smallest absolute Gasteiger partial charge is 0.254 e. The van der Waals surface area contributed by atoms with Gasteiger partial charge in [-0.05, 0) is 73.6 Å². The first-order valence-electron chi connectivity index (χ1n) is 13.0. The van der Waals surface area contributed by atoms with E-state index in [1.807, 2.05) is 29.8 Å². The molecule has 184 valence electrons. The van der Waals surface area contributed by atoms with Crippen molar-refractivity contribution in [3.63, 3.8) is 0 Å². The number of methoxy groups -OCH3 is 1. The highest BCUT2D eigenvalue weighted by atomic mass is 19.1. The van der Waals surface area contributed by atoms with Crippen molar-refractivity contribution in [1.29, 1.82) is 0 Å². The van der Waals surface area contributed by atoms with E-state index in [1.54, 1.807) is 7.11 Å². The maximum Gasteiger partial charge on any atom is 0.254 e. The maximum atomic E-state index is 14.0. The van der Waals surface area contributed by atoms with E-state index in [0.29, 0.717) is 29.2 Å². The quantitative estimate of drug-likeness (QED) is 0.414. The van der Waals surface area contributed by atoms with Gasteiger partial charge in [-0.1, -0.05) is 0 Å². The van der Waals surface area contributed by atoms with Crippen molar-refractivity contribution >= 4 is 28.0 Å². The maximum absolute atomic E-state index is 14.0. The van der Waals surface area contributed by atoms with Gasteiger partial charge in [-0.25, -0.2) is 14.4 Å². The molecule has 0 spiro atoms. The van der Waals surface area contributed by atoms with Gasteiger partial charge in [0.25, 0.3) is 5.91 Å². The monoisotopic (exact) mass is 485 g/mol. The van der Waals surface area contributed by atoms with E-state index < -0.39 is 0 Å². The van der Waals surface area contributed by atoms with Gasteiger partial charge in [-0.2, -0.15) is 0 Å². The highest BCUT2D eigenvalue weighted by molar-refractivity contribution is 6.00.